The minimum Gasteiger partial charge on any atom is -0.357 e. The summed E-state index contributed by atoms with van der Waals surface area (Å²) in [5.41, 5.74) is 17.8. The number of rotatable bonds is 8. The highest BCUT2D eigenvalue weighted by Crippen LogP contribution is 2.47. The Bertz CT molecular complexity index is 2550. The molecule has 2 heteroatoms. The number of hydrogen-bond acceptors (Lipinski definition) is 2. The van der Waals surface area contributed by atoms with Gasteiger partial charge in [-0.2, -0.15) is 0 Å². The molecule has 0 spiro atoms. The molecule has 1 heterocycles. The molecule has 2 atom stereocenters. The Morgan fingerprint density at radius 3 is 1.70 bits per heavy atom. The minimum atomic E-state index is 0.223. The summed E-state index contributed by atoms with van der Waals surface area (Å²) in [6.45, 7) is 0. The van der Waals surface area contributed by atoms with Crippen LogP contribution in [0.3, 0.4) is 0 Å². The van der Waals surface area contributed by atoms with Gasteiger partial charge in [0.1, 0.15) is 0 Å². The Morgan fingerprint density at radius 1 is 0.464 bits per heavy atom. The molecule has 2 unspecified atom stereocenters. The van der Waals surface area contributed by atoms with Gasteiger partial charge in [0.05, 0.1) is 12.1 Å². The lowest BCUT2D eigenvalue weighted by Crippen LogP contribution is -2.38. The molecule has 10 rings (SSSR count). The van der Waals surface area contributed by atoms with Crippen LogP contribution in [0.1, 0.15) is 31.2 Å². The van der Waals surface area contributed by atoms with Crippen molar-refractivity contribution in [3.8, 4) is 33.4 Å². The summed E-state index contributed by atoms with van der Waals surface area (Å²) >= 11 is 0. The van der Waals surface area contributed by atoms with Crippen LogP contribution >= 0.6 is 0 Å². The van der Waals surface area contributed by atoms with Gasteiger partial charge in [-0.15, -0.1) is 0 Å². The van der Waals surface area contributed by atoms with Crippen molar-refractivity contribution in [1.29, 1.82) is 0 Å². The number of fused-ring (bicyclic) bond motifs is 3. The smallest absolute Gasteiger partial charge is 0.0607 e. The van der Waals surface area contributed by atoms with Gasteiger partial charge >= 0.3 is 0 Å². The summed E-state index contributed by atoms with van der Waals surface area (Å²) in [6, 6.07) is 58.3. The molecule has 0 radical (unpaired) electrons. The van der Waals surface area contributed by atoms with E-state index >= 15 is 0 Å². The zero-order valence-corrected chi connectivity index (χ0v) is 31.5. The van der Waals surface area contributed by atoms with E-state index in [9.17, 15) is 0 Å². The molecule has 0 N–H and O–H groups in total. The Morgan fingerprint density at radius 2 is 1.04 bits per heavy atom. The van der Waals surface area contributed by atoms with Crippen molar-refractivity contribution >= 4 is 22.6 Å². The van der Waals surface area contributed by atoms with E-state index in [0.717, 1.165) is 25.7 Å². The molecule has 4 aliphatic rings. The maximum absolute atomic E-state index is 2.69. The van der Waals surface area contributed by atoms with Crippen LogP contribution in [0.15, 0.2) is 223 Å². The first-order valence-corrected chi connectivity index (χ1v) is 20.0. The number of benzene rings is 6. The van der Waals surface area contributed by atoms with Crippen molar-refractivity contribution in [1.82, 2.24) is 0 Å². The lowest BCUT2D eigenvalue weighted by Gasteiger charge is -2.37. The highest BCUT2D eigenvalue weighted by atomic mass is 15.2. The third-order valence-electron chi connectivity index (χ3n) is 11.8. The molecule has 56 heavy (non-hydrogen) atoms. The summed E-state index contributed by atoms with van der Waals surface area (Å²) < 4.78 is 0. The number of anilines is 3. The van der Waals surface area contributed by atoms with Crippen molar-refractivity contribution in [2.45, 2.75) is 37.8 Å². The van der Waals surface area contributed by atoms with E-state index in [-0.39, 0.29) is 6.04 Å². The molecule has 0 amide bonds. The highest BCUT2D eigenvalue weighted by molar-refractivity contribution is 5.80. The van der Waals surface area contributed by atoms with E-state index in [0.29, 0.717) is 6.04 Å². The Kier molecular flexibility index (Phi) is 9.01. The second-order valence-corrected chi connectivity index (χ2v) is 15.1. The monoisotopic (exact) mass is 720 g/mol. The van der Waals surface area contributed by atoms with Crippen LogP contribution in [0.4, 0.5) is 17.1 Å². The van der Waals surface area contributed by atoms with E-state index in [1.807, 2.05) is 0 Å². The van der Waals surface area contributed by atoms with Crippen LogP contribution in [0, 0.1) is 0 Å². The van der Waals surface area contributed by atoms with Crippen LogP contribution in [-0.4, -0.2) is 12.1 Å². The van der Waals surface area contributed by atoms with Gasteiger partial charge in [-0.05, 0) is 123 Å². The van der Waals surface area contributed by atoms with Crippen LogP contribution in [0.25, 0.3) is 39.0 Å². The zero-order valence-electron chi connectivity index (χ0n) is 31.5. The van der Waals surface area contributed by atoms with E-state index in [1.54, 1.807) is 0 Å². The lowest BCUT2D eigenvalue weighted by atomic mass is 9.90. The third-order valence-corrected chi connectivity index (χ3v) is 11.8. The van der Waals surface area contributed by atoms with E-state index in [4.69, 9.17) is 0 Å². The molecular formula is C54H44N2. The van der Waals surface area contributed by atoms with E-state index < -0.39 is 0 Å². The largest absolute Gasteiger partial charge is 0.357 e. The van der Waals surface area contributed by atoms with Crippen molar-refractivity contribution in [2.24, 2.45) is 0 Å². The molecule has 6 aromatic carbocycles. The lowest BCUT2D eigenvalue weighted by molar-refractivity contribution is 0.646. The SMILES string of the molecule is C1=CCC2C(=C1)C1=CC=C(N(c3ccc(C4=CCCC=C4)cc3)c3ccc(-c4ccccc4)cc3)CC1N2c1ccc(-c2cccc(-c3ccccc3)c2)cc1. The fraction of sp³-hybridized carbons (Fsp3) is 0.111. The van der Waals surface area contributed by atoms with E-state index in [1.165, 1.54) is 78.4 Å². The van der Waals surface area contributed by atoms with Crippen LogP contribution in [0.2, 0.25) is 0 Å². The first kappa shape index (κ1) is 33.9. The molecule has 1 saturated heterocycles. The van der Waals surface area contributed by atoms with Gasteiger partial charge in [0.15, 0.2) is 0 Å². The molecule has 1 aliphatic heterocycles. The first-order valence-electron chi connectivity index (χ1n) is 20.0. The molecule has 0 bridgehead atoms. The van der Waals surface area contributed by atoms with Gasteiger partial charge in [-0.25, -0.2) is 0 Å². The average Bonchev–Trinajstić information content (AvgIpc) is 3.62. The summed E-state index contributed by atoms with van der Waals surface area (Å²) in [4.78, 5) is 5.17. The fourth-order valence-electron chi connectivity index (χ4n) is 9.00. The molecule has 270 valence electrons. The standard InChI is InChI=1S/C54H44N2/c1-4-13-39(14-5-1)42-23-29-47(30-24-42)55(48-31-25-43(26-32-48)40-15-6-2-7-16-40)50-35-36-52-51-21-10-11-22-53(51)56(54(52)38-50)49-33-27-44(28-34-49)46-20-12-19-45(37-46)41-17-8-3-9-18-41/h1,3-6,8-21,23-37,53-54H,2,7,22,38H2. The van der Waals surface area contributed by atoms with Gasteiger partial charge in [0, 0.05) is 29.2 Å². The normalized spacial score (nSPS) is 18.3. The molecule has 1 fully saturated rings. The Balaban J connectivity index is 0.995. The van der Waals surface area contributed by atoms with Crippen molar-refractivity contribution < 1.29 is 0 Å². The zero-order chi connectivity index (χ0) is 37.3. The summed E-state index contributed by atoms with van der Waals surface area (Å²) in [5.74, 6) is 0. The van der Waals surface area contributed by atoms with Crippen molar-refractivity contribution in [2.75, 3.05) is 9.80 Å². The molecule has 0 saturated carbocycles. The third kappa shape index (κ3) is 6.48. The summed E-state index contributed by atoms with van der Waals surface area (Å²) in [5, 5.41) is 0. The second kappa shape index (κ2) is 14.9. The maximum atomic E-state index is 2.69. The topological polar surface area (TPSA) is 6.48 Å². The molecule has 0 aromatic heterocycles. The number of hydrogen-bond donors (Lipinski definition) is 0. The molecular weight excluding hydrogens is 677 g/mol. The second-order valence-electron chi connectivity index (χ2n) is 15.1. The van der Waals surface area contributed by atoms with Gasteiger partial charge in [0.2, 0.25) is 0 Å². The molecule has 3 aliphatic carbocycles. The van der Waals surface area contributed by atoms with Gasteiger partial charge in [0.25, 0.3) is 0 Å². The van der Waals surface area contributed by atoms with Crippen molar-refractivity contribution in [3.63, 3.8) is 0 Å². The number of nitrogens with zero attached hydrogens (tertiary/aromatic N) is 2. The van der Waals surface area contributed by atoms with Gasteiger partial charge in [-0.3, -0.25) is 0 Å². The van der Waals surface area contributed by atoms with Gasteiger partial charge in [-0.1, -0.05) is 158 Å². The average molecular weight is 721 g/mol. The number of allylic oxidation sites excluding steroid dienone is 8. The first-order chi connectivity index (χ1) is 27.8. The summed E-state index contributed by atoms with van der Waals surface area (Å²) in [7, 11) is 0. The molecule has 6 aromatic rings. The predicted molar refractivity (Wildman–Crippen MR) is 237 cm³/mol. The fourth-order valence-corrected chi connectivity index (χ4v) is 9.00. The Hall–Kier alpha value is -6.64. The maximum Gasteiger partial charge on any atom is 0.0607 e. The Labute approximate surface area is 331 Å². The molecule has 2 nitrogen and oxygen atoms in total. The summed E-state index contributed by atoms with van der Waals surface area (Å²) in [6.07, 6.45) is 22.7. The highest BCUT2D eigenvalue weighted by Gasteiger charge is 2.43. The van der Waals surface area contributed by atoms with Crippen LogP contribution in [-0.2, 0) is 0 Å². The van der Waals surface area contributed by atoms with E-state index in [2.05, 4.69) is 216 Å². The van der Waals surface area contributed by atoms with Crippen LogP contribution < -0.4 is 9.80 Å². The van der Waals surface area contributed by atoms with Crippen LogP contribution in [0.5, 0.6) is 0 Å². The minimum absolute atomic E-state index is 0.223. The predicted octanol–water partition coefficient (Wildman–Crippen LogP) is 13.9. The van der Waals surface area contributed by atoms with Crippen molar-refractivity contribution in [3.05, 3.63) is 229 Å². The van der Waals surface area contributed by atoms with Gasteiger partial charge < -0.3 is 9.80 Å². The quantitative estimate of drug-likeness (QED) is 0.154.